The molecule has 2 aromatic rings. The van der Waals surface area contributed by atoms with Crippen LogP contribution in [0.5, 0.6) is 5.75 Å². The molecule has 0 saturated carbocycles. The fraction of sp³-hybridized carbons (Fsp3) is 0.278. The van der Waals surface area contributed by atoms with E-state index in [1.807, 2.05) is 61.5 Å². The van der Waals surface area contributed by atoms with Gasteiger partial charge in [0.1, 0.15) is 5.75 Å². The van der Waals surface area contributed by atoms with Crippen molar-refractivity contribution in [2.75, 3.05) is 13.7 Å². The molecule has 2 aromatic carbocycles. The summed E-state index contributed by atoms with van der Waals surface area (Å²) < 4.78 is 10.5. The summed E-state index contributed by atoms with van der Waals surface area (Å²) in [5.41, 5.74) is 2.08. The lowest BCUT2D eigenvalue weighted by Gasteiger charge is -2.19. The van der Waals surface area contributed by atoms with E-state index in [0.29, 0.717) is 13.0 Å². The van der Waals surface area contributed by atoms with Crippen molar-refractivity contribution in [1.29, 1.82) is 0 Å². The first-order valence-corrected chi connectivity index (χ1v) is 7.09. The lowest BCUT2D eigenvalue weighted by molar-refractivity contribution is -0.143. The molecule has 2 rings (SSSR count). The molecule has 0 spiro atoms. The minimum Gasteiger partial charge on any atom is -0.496 e. The van der Waals surface area contributed by atoms with E-state index in [2.05, 4.69) is 0 Å². The van der Waals surface area contributed by atoms with Crippen molar-refractivity contribution in [2.45, 2.75) is 19.3 Å². The summed E-state index contributed by atoms with van der Waals surface area (Å²) in [5, 5.41) is 0. The second kappa shape index (κ2) is 7.48. The highest BCUT2D eigenvalue weighted by atomic mass is 16.5. The van der Waals surface area contributed by atoms with Crippen LogP contribution in [0.25, 0.3) is 0 Å². The zero-order valence-electron chi connectivity index (χ0n) is 12.4. The van der Waals surface area contributed by atoms with Crippen LogP contribution >= 0.6 is 0 Å². The fourth-order valence-corrected chi connectivity index (χ4v) is 2.43. The van der Waals surface area contributed by atoms with Crippen LogP contribution in [0.1, 0.15) is 30.4 Å². The quantitative estimate of drug-likeness (QED) is 0.757. The molecule has 0 amide bonds. The van der Waals surface area contributed by atoms with E-state index in [0.717, 1.165) is 16.9 Å². The van der Waals surface area contributed by atoms with Gasteiger partial charge in [-0.25, -0.2) is 0 Å². The van der Waals surface area contributed by atoms with Gasteiger partial charge in [0.25, 0.3) is 0 Å². The third-order valence-corrected chi connectivity index (χ3v) is 3.39. The summed E-state index contributed by atoms with van der Waals surface area (Å²) in [7, 11) is 1.64. The minimum absolute atomic E-state index is 0.0681. The van der Waals surface area contributed by atoms with Crippen molar-refractivity contribution in [3.05, 3.63) is 65.7 Å². The maximum absolute atomic E-state index is 11.9. The largest absolute Gasteiger partial charge is 0.496 e. The van der Waals surface area contributed by atoms with Crippen molar-refractivity contribution in [2.24, 2.45) is 0 Å². The standard InChI is InChI=1S/C18H20O3/c1-3-21-18(19)13-16(14-9-5-4-6-10-14)15-11-7-8-12-17(15)20-2/h4-12,16H,3,13H2,1-2H3. The number of rotatable bonds is 6. The monoisotopic (exact) mass is 284 g/mol. The van der Waals surface area contributed by atoms with Crippen molar-refractivity contribution in [1.82, 2.24) is 0 Å². The number of hydrogen-bond donors (Lipinski definition) is 0. The molecule has 0 fully saturated rings. The Morgan fingerprint density at radius 1 is 1.05 bits per heavy atom. The van der Waals surface area contributed by atoms with Crippen molar-refractivity contribution >= 4 is 5.97 Å². The van der Waals surface area contributed by atoms with Gasteiger partial charge in [-0.1, -0.05) is 48.5 Å². The van der Waals surface area contributed by atoms with E-state index in [-0.39, 0.29) is 11.9 Å². The van der Waals surface area contributed by atoms with Gasteiger partial charge in [0.15, 0.2) is 0 Å². The molecule has 110 valence electrons. The van der Waals surface area contributed by atoms with Gasteiger partial charge >= 0.3 is 5.97 Å². The number of para-hydroxylation sites is 1. The summed E-state index contributed by atoms with van der Waals surface area (Å²) in [5.74, 6) is 0.523. The third kappa shape index (κ3) is 3.85. The molecule has 1 atom stereocenters. The Bertz CT molecular complexity index is 578. The maximum Gasteiger partial charge on any atom is 0.306 e. The normalized spacial score (nSPS) is 11.7. The molecule has 21 heavy (non-hydrogen) atoms. The summed E-state index contributed by atoms with van der Waals surface area (Å²) >= 11 is 0. The predicted octanol–water partition coefficient (Wildman–Crippen LogP) is 3.78. The summed E-state index contributed by atoms with van der Waals surface area (Å²) in [6.07, 6.45) is 0.304. The molecule has 0 aliphatic carbocycles. The maximum atomic E-state index is 11.9. The third-order valence-electron chi connectivity index (χ3n) is 3.39. The Morgan fingerprint density at radius 3 is 2.38 bits per heavy atom. The molecule has 0 saturated heterocycles. The van der Waals surface area contributed by atoms with Crippen molar-refractivity contribution < 1.29 is 14.3 Å². The second-order valence-electron chi connectivity index (χ2n) is 4.71. The Labute approximate surface area is 125 Å². The highest BCUT2D eigenvalue weighted by molar-refractivity contribution is 5.71. The number of esters is 1. The van der Waals surface area contributed by atoms with Crippen LogP contribution in [-0.2, 0) is 9.53 Å². The molecule has 1 unspecified atom stereocenters. The highest BCUT2D eigenvalue weighted by Gasteiger charge is 2.21. The smallest absolute Gasteiger partial charge is 0.306 e. The average molecular weight is 284 g/mol. The van der Waals surface area contributed by atoms with Gasteiger partial charge in [0.05, 0.1) is 20.1 Å². The summed E-state index contributed by atoms with van der Waals surface area (Å²) in [6.45, 7) is 2.21. The Hall–Kier alpha value is -2.29. The fourth-order valence-electron chi connectivity index (χ4n) is 2.43. The van der Waals surface area contributed by atoms with E-state index < -0.39 is 0 Å². The first-order valence-electron chi connectivity index (χ1n) is 7.09. The number of hydrogen-bond acceptors (Lipinski definition) is 3. The van der Waals surface area contributed by atoms with Crippen LogP contribution in [0.3, 0.4) is 0 Å². The molecule has 3 heteroatoms. The SMILES string of the molecule is CCOC(=O)CC(c1ccccc1)c1ccccc1OC. The highest BCUT2D eigenvalue weighted by Crippen LogP contribution is 2.34. The van der Waals surface area contributed by atoms with Gasteiger partial charge in [-0.2, -0.15) is 0 Å². The lowest BCUT2D eigenvalue weighted by Crippen LogP contribution is -2.12. The zero-order chi connectivity index (χ0) is 15.1. The first kappa shape index (κ1) is 15.1. The molecule has 3 nitrogen and oxygen atoms in total. The van der Waals surface area contributed by atoms with Gasteiger partial charge in [-0.3, -0.25) is 4.79 Å². The topological polar surface area (TPSA) is 35.5 Å². The van der Waals surface area contributed by atoms with E-state index in [9.17, 15) is 4.79 Å². The van der Waals surface area contributed by atoms with E-state index in [4.69, 9.17) is 9.47 Å². The number of ether oxygens (including phenoxy) is 2. The molecule has 0 N–H and O–H groups in total. The second-order valence-corrected chi connectivity index (χ2v) is 4.71. The van der Waals surface area contributed by atoms with E-state index in [1.165, 1.54) is 0 Å². The van der Waals surface area contributed by atoms with Crippen LogP contribution in [0.15, 0.2) is 54.6 Å². The van der Waals surface area contributed by atoms with Gasteiger partial charge in [0.2, 0.25) is 0 Å². The van der Waals surface area contributed by atoms with E-state index in [1.54, 1.807) is 7.11 Å². The number of benzene rings is 2. The number of carbonyl (C=O) groups excluding carboxylic acids is 1. The molecule has 0 radical (unpaired) electrons. The molecule has 0 bridgehead atoms. The first-order chi connectivity index (χ1) is 10.3. The average Bonchev–Trinajstić information content (AvgIpc) is 2.54. The Kier molecular flexibility index (Phi) is 5.38. The number of carbonyl (C=O) groups is 1. The van der Waals surface area contributed by atoms with Gasteiger partial charge in [0, 0.05) is 11.5 Å². The molecular formula is C18H20O3. The van der Waals surface area contributed by atoms with E-state index >= 15 is 0 Å². The zero-order valence-corrected chi connectivity index (χ0v) is 12.4. The van der Waals surface area contributed by atoms with Gasteiger partial charge in [-0.15, -0.1) is 0 Å². The number of methoxy groups -OCH3 is 1. The Morgan fingerprint density at radius 2 is 1.71 bits per heavy atom. The molecule has 0 aliphatic heterocycles. The van der Waals surface area contributed by atoms with Crippen molar-refractivity contribution in [3.8, 4) is 5.75 Å². The molecular weight excluding hydrogens is 264 g/mol. The van der Waals surface area contributed by atoms with Crippen LogP contribution < -0.4 is 4.74 Å². The Balaban J connectivity index is 2.38. The summed E-state index contributed by atoms with van der Waals surface area (Å²) in [4.78, 5) is 11.9. The van der Waals surface area contributed by atoms with Crippen LogP contribution in [-0.4, -0.2) is 19.7 Å². The molecule has 0 aliphatic rings. The van der Waals surface area contributed by atoms with Crippen LogP contribution in [0, 0.1) is 0 Å². The minimum atomic E-state index is -0.197. The predicted molar refractivity (Wildman–Crippen MR) is 82.5 cm³/mol. The lowest BCUT2D eigenvalue weighted by atomic mass is 9.88. The van der Waals surface area contributed by atoms with Crippen LogP contribution in [0.4, 0.5) is 0 Å². The van der Waals surface area contributed by atoms with Gasteiger partial charge in [-0.05, 0) is 18.6 Å². The molecule has 0 heterocycles. The van der Waals surface area contributed by atoms with Crippen LogP contribution in [0.2, 0.25) is 0 Å². The molecule has 0 aromatic heterocycles. The summed E-state index contributed by atoms with van der Waals surface area (Å²) in [6, 6.07) is 17.8. The van der Waals surface area contributed by atoms with Crippen molar-refractivity contribution in [3.63, 3.8) is 0 Å². The van der Waals surface area contributed by atoms with Gasteiger partial charge < -0.3 is 9.47 Å².